The first kappa shape index (κ1) is 21.2. The number of thioether (sulfide) groups is 1. The first-order valence-electron chi connectivity index (χ1n) is 9.98. The zero-order chi connectivity index (χ0) is 20.8. The molecular weight excluding hydrogens is 384 g/mol. The summed E-state index contributed by atoms with van der Waals surface area (Å²) in [5.74, 6) is 1.82. The highest BCUT2D eigenvalue weighted by molar-refractivity contribution is 8.15. The van der Waals surface area contributed by atoms with E-state index in [4.69, 9.17) is 14.5 Å². The van der Waals surface area contributed by atoms with Gasteiger partial charge in [-0.15, -0.1) is 0 Å². The van der Waals surface area contributed by atoms with E-state index in [2.05, 4.69) is 13.0 Å². The summed E-state index contributed by atoms with van der Waals surface area (Å²) in [5, 5.41) is 0.618. The molecule has 0 unspecified atom stereocenters. The lowest BCUT2D eigenvalue weighted by atomic mass is 10.1. The van der Waals surface area contributed by atoms with Crippen molar-refractivity contribution in [3.8, 4) is 11.5 Å². The number of aryl methyl sites for hydroxylation is 1. The molecule has 6 heteroatoms. The second kappa shape index (κ2) is 9.83. The lowest BCUT2D eigenvalue weighted by molar-refractivity contribution is -0.126. The van der Waals surface area contributed by atoms with E-state index in [0.717, 1.165) is 39.9 Å². The number of carbonyl (C=O) groups is 1. The van der Waals surface area contributed by atoms with Crippen LogP contribution in [0.2, 0.25) is 0 Å². The Balaban J connectivity index is 1.79. The maximum atomic E-state index is 13.0. The van der Waals surface area contributed by atoms with Crippen molar-refractivity contribution >= 4 is 28.5 Å². The van der Waals surface area contributed by atoms with Gasteiger partial charge in [0, 0.05) is 6.54 Å². The highest BCUT2D eigenvalue weighted by atomic mass is 32.2. The fourth-order valence-corrected chi connectivity index (χ4v) is 4.55. The van der Waals surface area contributed by atoms with Gasteiger partial charge < -0.3 is 9.47 Å². The van der Waals surface area contributed by atoms with Gasteiger partial charge in [0.25, 0.3) is 0 Å². The fraction of sp³-hybridized carbons (Fsp3) is 0.391. The van der Waals surface area contributed by atoms with Crippen LogP contribution in [-0.2, 0) is 11.2 Å². The lowest BCUT2D eigenvalue weighted by Gasteiger charge is -2.15. The Morgan fingerprint density at radius 3 is 2.52 bits per heavy atom. The van der Waals surface area contributed by atoms with Crippen LogP contribution in [0.5, 0.6) is 11.5 Å². The lowest BCUT2D eigenvalue weighted by Crippen LogP contribution is -2.33. The van der Waals surface area contributed by atoms with Gasteiger partial charge >= 0.3 is 0 Å². The highest BCUT2D eigenvalue weighted by Crippen LogP contribution is 2.33. The predicted octanol–water partition coefficient (Wildman–Crippen LogP) is 4.99. The summed E-state index contributed by atoms with van der Waals surface area (Å²) < 4.78 is 10.8. The highest BCUT2D eigenvalue weighted by Gasteiger charge is 2.37. The van der Waals surface area contributed by atoms with Crippen LogP contribution in [0.25, 0.3) is 0 Å². The van der Waals surface area contributed by atoms with Crippen molar-refractivity contribution in [2.24, 2.45) is 4.99 Å². The van der Waals surface area contributed by atoms with Gasteiger partial charge in [-0.1, -0.05) is 30.8 Å². The average Bonchev–Trinajstić information content (AvgIpc) is 2.99. The molecule has 29 heavy (non-hydrogen) atoms. The minimum atomic E-state index is -0.157. The van der Waals surface area contributed by atoms with Crippen LogP contribution in [-0.4, -0.2) is 41.5 Å². The van der Waals surface area contributed by atoms with E-state index in [0.29, 0.717) is 19.6 Å². The van der Waals surface area contributed by atoms with Crippen LogP contribution in [0.15, 0.2) is 47.5 Å². The molecule has 0 spiro atoms. The maximum absolute atomic E-state index is 13.0. The van der Waals surface area contributed by atoms with Gasteiger partial charge in [0.2, 0.25) is 5.91 Å². The molecule has 1 aliphatic heterocycles. The van der Waals surface area contributed by atoms with Crippen molar-refractivity contribution < 1.29 is 14.3 Å². The van der Waals surface area contributed by atoms with Gasteiger partial charge in [0.1, 0.15) is 11.5 Å². The van der Waals surface area contributed by atoms with Gasteiger partial charge in [-0.05, 0) is 68.1 Å². The number of ether oxygens (including phenoxy) is 2. The number of benzene rings is 2. The van der Waals surface area contributed by atoms with Crippen molar-refractivity contribution in [3.63, 3.8) is 0 Å². The maximum Gasteiger partial charge on any atom is 0.242 e. The molecule has 2 aromatic rings. The second-order valence-electron chi connectivity index (χ2n) is 6.93. The predicted molar refractivity (Wildman–Crippen MR) is 120 cm³/mol. The largest absolute Gasteiger partial charge is 0.496 e. The summed E-state index contributed by atoms with van der Waals surface area (Å²) in [5.41, 5.74) is 3.04. The summed E-state index contributed by atoms with van der Waals surface area (Å²) in [7, 11) is 1.67. The zero-order valence-corrected chi connectivity index (χ0v) is 18.3. The van der Waals surface area contributed by atoms with Crippen molar-refractivity contribution in [2.75, 3.05) is 20.3 Å². The minimum Gasteiger partial charge on any atom is -0.496 e. The molecule has 2 aromatic carbocycles. The normalized spacial score (nSPS) is 17.8. The SMILES string of the molecule is CCCN1C(=O)[C@H](Cc2ccc(OC)c(C)c2)SC1=Nc1ccc(OCC)cc1. The van der Waals surface area contributed by atoms with Crippen LogP contribution in [0, 0.1) is 6.92 Å². The number of hydrogen-bond donors (Lipinski definition) is 0. The van der Waals surface area contributed by atoms with E-state index in [1.54, 1.807) is 18.9 Å². The van der Waals surface area contributed by atoms with Crippen LogP contribution in [0.3, 0.4) is 0 Å². The van der Waals surface area contributed by atoms with E-state index in [-0.39, 0.29) is 11.2 Å². The Morgan fingerprint density at radius 1 is 1.14 bits per heavy atom. The Morgan fingerprint density at radius 2 is 1.90 bits per heavy atom. The molecule has 0 aromatic heterocycles. The van der Waals surface area contributed by atoms with Crippen LogP contribution < -0.4 is 9.47 Å². The number of hydrogen-bond acceptors (Lipinski definition) is 5. The molecule has 1 amide bonds. The number of carbonyl (C=O) groups excluding carboxylic acids is 1. The van der Waals surface area contributed by atoms with Gasteiger partial charge in [-0.25, -0.2) is 4.99 Å². The fourth-order valence-electron chi connectivity index (χ4n) is 3.33. The first-order chi connectivity index (χ1) is 14.0. The number of aliphatic imine (C=N–C) groups is 1. The number of amides is 1. The number of nitrogens with zero attached hydrogens (tertiary/aromatic N) is 2. The molecule has 0 bridgehead atoms. The van der Waals surface area contributed by atoms with E-state index >= 15 is 0 Å². The van der Waals surface area contributed by atoms with Crippen molar-refractivity contribution in [3.05, 3.63) is 53.6 Å². The second-order valence-corrected chi connectivity index (χ2v) is 8.10. The molecule has 1 heterocycles. The molecular formula is C23H28N2O3S. The number of amidine groups is 1. The number of methoxy groups -OCH3 is 1. The summed E-state index contributed by atoms with van der Waals surface area (Å²) in [6, 6.07) is 13.8. The molecule has 0 aliphatic carbocycles. The summed E-state index contributed by atoms with van der Waals surface area (Å²) in [6.45, 7) is 7.37. The summed E-state index contributed by atoms with van der Waals surface area (Å²) >= 11 is 1.55. The van der Waals surface area contributed by atoms with E-state index in [9.17, 15) is 4.79 Å². The monoisotopic (exact) mass is 412 g/mol. The van der Waals surface area contributed by atoms with Gasteiger partial charge in [0.15, 0.2) is 5.17 Å². The Bertz CT molecular complexity index is 880. The molecule has 0 radical (unpaired) electrons. The van der Waals surface area contributed by atoms with Crippen LogP contribution >= 0.6 is 11.8 Å². The summed E-state index contributed by atoms with van der Waals surface area (Å²) in [6.07, 6.45) is 1.57. The quantitative estimate of drug-likeness (QED) is 0.613. The molecule has 3 rings (SSSR count). The Hall–Kier alpha value is -2.47. The minimum absolute atomic E-state index is 0.134. The molecule has 0 saturated carbocycles. The van der Waals surface area contributed by atoms with E-state index in [1.807, 2.05) is 55.1 Å². The third-order valence-electron chi connectivity index (χ3n) is 4.72. The van der Waals surface area contributed by atoms with E-state index < -0.39 is 0 Å². The topological polar surface area (TPSA) is 51.1 Å². The van der Waals surface area contributed by atoms with Crippen molar-refractivity contribution in [1.29, 1.82) is 0 Å². The smallest absolute Gasteiger partial charge is 0.242 e. The first-order valence-corrected chi connectivity index (χ1v) is 10.9. The molecule has 1 atom stereocenters. The van der Waals surface area contributed by atoms with Gasteiger partial charge in [0.05, 0.1) is 24.7 Å². The molecule has 1 fully saturated rings. The van der Waals surface area contributed by atoms with Crippen LogP contribution in [0.4, 0.5) is 5.69 Å². The molecule has 1 saturated heterocycles. The molecule has 5 nitrogen and oxygen atoms in total. The zero-order valence-electron chi connectivity index (χ0n) is 17.5. The Kier molecular flexibility index (Phi) is 7.20. The van der Waals surface area contributed by atoms with Crippen molar-refractivity contribution in [2.45, 2.75) is 38.9 Å². The molecule has 1 aliphatic rings. The van der Waals surface area contributed by atoms with E-state index in [1.165, 1.54) is 0 Å². The van der Waals surface area contributed by atoms with Gasteiger partial charge in [-0.3, -0.25) is 9.69 Å². The Labute approximate surface area is 177 Å². The third-order valence-corrected chi connectivity index (χ3v) is 5.90. The van der Waals surface area contributed by atoms with Crippen molar-refractivity contribution in [1.82, 2.24) is 4.90 Å². The summed E-state index contributed by atoms with van der Waals surface area (Å²) in [4.78, 5) is 19.6. The molecule has 0 N–H and O–H groups in total. The average molecular weight is 413 g/mol. The molecule has 154 valence electrons. The standard InChI is InChI=1S/C23H28N2O3S/c1-5-13-25-22(26)21(15-17-7-12-20(27-4)16(3)14-17)29-23(25)24-18-8-10-19(11-9-18)28-6-2/h7-12,14,21H,5-6,13,15H2,1-4H3/t21-/m0/s1. The third kappa shape index (κ3) is 5.12. The number of rotatable bonds is 8. The van der Waals surface area contributed by atoms with Gasteiger partial charge in [-0.2, -0.15) is 0 Å². The van der Waals surface area contributed by atoms with Crippen LogP contribution in [0.1, 0.15) is 31.4 Å².